The second-order valence-electron chi connectivity index (χ2n) is 6.75. The molecule has 0 aliphatic carbocycles. The lowest BCUT2D eigenvalue weighted by Crippen LogP contribution is -2.18. The van der Waals surface area contributed by atoms with Crippen LogP contribution in [-0.2, 0) is 14.3 Å². The number of carbonyl (C=O) groups is 3. The van der Waals surface area contributed by atoms with Crippen molar-refractivity contribution >= 4 is 40.5 Å². The van der Waals surface area contributed by atoms with Crippen molar-refractivity contribution in [1.29, 1.82) is 0 Å². The molecule has 0 heterocycles. The maximum absolute atomic E-state index is 12.4. The van der Waals surface area contributed by atoms with Crippen LogP contribution in [-0.4, -0.2) is 37.2 Å². The van der Waals surface area contributed by atoms with Gasteiger partial charge in [0.25, 0.3) is 5.91 Å². The fourth-order valence-corrected chi connectivity index (χ4v) is 3.00. The molecule has 8 nitrogen and oxygen atoms in total. The molecule has 0 saturated heterocycles. The molecule has 8 heteroatoms. The molecule has 0 unspecified atom stereocenters. The molecule has 0 bridgehead atoms. The summed E-state index contributed by atoms with van der Waals surface area (Å²) in [6.45, 7) is 3.17. The normalized spacial score (nSPS) is 10.7. The summed E-state index contributed by atoms with van der Waals surface area (Å²) in [6.07, 6.45) is 1.48. The molecule has 0 aliphatic heterocycles. The number of ether oxygens (including phenoxy) is 2. The zero-order valence-corrected chi connectivity index (χ0v) is 17.8. The number of nitrogens with zero attached hydrogens (tertiary/aromatic N) is 1. The predicted octanol–water partition coefficient (Wildman–Crippen LogP) is 3.50. The smallest absolute Gasteiger partial charge is 0.344 e. The zero-order chi connectivity index (χ0) is 22.9. The molecular formula is C24H23N3O5. The van der Waals surface area contributed by atoms with Gasteiger partial charge >= 0.3 is 5.97 Å². The monoisotopic (exact) mass is 433 g/mol. The van der Waals surface area contributed by atoms with Crippen LogP contribution in [0.25, 0.3) is 10.8 Å². The number of esters is 1. The van der Waals surface area contributed by atoms with Crippen LogP contribution >= 0.6 is 0 Å². The number of amides is 2. The number of fused-ring (bicyclic) bond motifs is 1. The van der Waals surface area contributed by atoms with Crippen LogP contribution in [0.1, 0.15) is 29.8 Å². The Kier molecular flexibility index (Phi) is 7.53. The Morgan fingerprint density at radius 2 is 1.75 bits per heavy atom. The van der Waals surface area contributed by atoms with Crippen molar-refractivity contribution in [3.8, 4) is 5.75 Å². The highest BCUT2D eigenvalue weighted by Gasteiger charge is 2.11. The molecule has 3 rings (SSSR count). The van der Waals surface area contributed by atoms with E-state index in [1.807, 2.05) is 30.3 Å². The first-order valence-corrected chi connectivity index (χ1v) is 9.99. The van der Waals surface area contributed by atoms with E-state index >= 15 is 0 Å². The minimum absolute atomic E-state index is 0.192. The van der Waals surface area contributed by atoms with Crippen LogP contribution in [0.2, 0.25) is 0 Å². The van der Waals surface area contributed by atoms with Gasteiger partial charge in [-0.3, -0.25) is 9.59 Å². The summed E-state index contributed by atoms with van der Waals surface area (Å²) in [4.78, 5) is 35.2. The van der Waals surface area contributed by atoms with Gasteiger partial charge in [-0.15, -0.1) is 0 Å². The van der Waals surface area contributed by atoms with Gasteiger partial charge in [-0.1, -0.05) is 30.3 Å². The fourth-order valence-electron chi connectivity index (χ4n) is 3.00. The van der Waals surface area contributed by atoms with E-state index in [2.05, 4.69) is 15.8 Å². The number of nitrogens with one attached hydrogen (secondary N) is 2. The first-order valence-electron chi connectivity index (χ1n) is 9.99. The van der Waals surface area contributed by atoms with Crippen LogP contribution in [0.15, 0.2) is 65.8 Å². The van der Waals surface area contributed by atoms with E-state index in [0.717, 1.165) is 10.8 Å². The molecule has 0 aliphatic rings. The number of hydrazone groups is 1. The highest BCUT2D eigenvalue weighted by Crippen LogP contribution is 2.26. The van der Waals surface area contributed by atoms with Crippen molar-refractivity contribution in [1.82, 2.24) is 5.43 Å². The summed E-state index contributed by atoms with van der Waals surface area (Å²) in [5.41, 5.74) is 4.08. The second kappa shape index (κ2) is 10.7. The number of hydrogen-bond acceptors (Lipinski definition) is 6. The Morgan fingerprint density at radius 1 is 1.00 bits per heavy atom. The molecule has 0 saturated carbocycles. The van der Waals surface area contributed by atoms with Gasteiger partial charge < -0.3 is 14.8 Å². The summed E-state index contributed by atoms with van der Waals surface area (Å²) in [6, 6.07) is 17.7. The average molecular weight is 433 g/mol. The minimum Gasteiger partial charge on any atom is -0.481 e. The van der Waals surface area contributed by atoms with Gasteiger partial charge in [0, 0.05) is 23.7 Å². The number of rotatable bonds is 8. The maximum Gasteiger partial charge on any atom is 0.344 e. The molecule has 0 fully saturated rings. The predicted molar refractivity (Wildman–Crippen MR) is 122 cm³/mol. The molecule has 0 spiro atoms. The molecule has 3 aromatic carbocycles. The van der Waals surface area contributed by atoms with Gasteiger partial charge in [0.1, 0.15) is 5.75 Å². The van der Waals surface area contributed by atoms with Gasteiger partial charge in [0.05, 0.1) is 12.8 Å². The molecule has 32 heavy (non-hydrogen) atoms. The minimum atomic E-state index is -0.473. The first kappa shape index (κ1) is 22.5. The van der Waals surface area contributed by atoms with E-state index in [1.54, 1.807) is 37.3 Å². The van der Waals surface area contributed by atoms with Crippen molar-refractivity contribution in [3.63, 3.8) is 0 Å². The van der Waals surface area contributed by atoms with Crippen molar-refractivity contribution in [2.45, 2.75) is 13.8 Å². The summed E-state index contributed by atoms with van der Waals surface area (Å²) in [5, 5.41) is 8.52. The molecule has 2 N–H and O–H groups in total. The third-order valence-corrected chi connectivity index (χ3v) is 4.41. The molecular weight excluding hydrogens is 410 g/mol. The summed E-state index contributed by atoms with van der Waals surface area (Å²) in [5.74, 6) is -0.637. The molecule has 0 aromatic heterocycles. The maximum atomic E-state index is 12.4. The van der Waals surface area contributed by atoms with Gasteiger partial charge in [0.15, 0.2) is 6.61 Å². The largest absolute Gasteiger partial charge is 0.481 e. The quantitative estimate of drug-likeness (QED) is 0.321. The van der Waals surface area contributed by atoms with E-state index in [0.29, 0.717) is 22.6 Å². The van der Waals surface area contributed by atoms with E-state index in [-0.39, 0.29) is 19.1 Å². The number of benzene rings is 3. The van der Waals surface area contributed by atoms with Gasteiger partial charge in [-0.05, 0) is 48.0 Å². The van der Waals surface area contributed by atoms with E-state index in [9.17, 15) is 14.4 Å². The Labute approximate surface area is 185 Å². The Morgan fingerprint density at radius 3 is 2.47 bits per heavy atom. The van der Waals surface area contributed by atoms with E-state index in [1.165, 1.54) is 13.1 Å². The van der Waals surface area contributed by atoms with Crippen LogP contribution in [0.5, 0.6) is 5.75 Å². The Balaban J connectivity index is 1.77. The van der Waals surface area contributed by atoms with Crippen molar-refractivity contribution in [2.24, 2.45) is 5.10 Å². The highest BCUT2D eigenvalue weighted by molar-refractivity contribution is 6.03. The zero-order valence-electron chi connectivity index (χ0n) is 17.8. The van der Waals surface area contributed by atoms with Crippen molar-refractivity contribution in [3.05, 3.63) is 71.8 Å². The molecule has 3 aromatic rings. The molecule has 0 atom stereocenters. The summed E-state index contributed by atoms with van der Waals surface area (Å²) < 4.78 is 10.5. The Hall–Kier alpha value is -4.20. The lowest BCUT2D eigenvalue weighted by Gasteiger charge is -2.11. The van der Waals surface area contributed by atoms with Crippen LogP contribution < -0.4 is 15.5 Å². The van der Waals surface area contributed by atoms with Crippen LogP contribution in [0.3, 0.4) is 0 Å². The van der Waals surface area contributed by atoms with Gasteiger partial charge in [-0.25, -0.2) is 10.2 Å². The van der Waals surface area contributed by atoms with Gasteiger partial charge in [-0.2, -0.15) is 5.10 Å². The Bertz CT molecular complexity index is 1160. The lowest BCUT2D eigenvalue weighted by atomic mass is 10.0. The summed E-state index contributed by atoms with van der Waals surface area (Å²) in [7, 11) is 0. The summed E-state index contributed by atoms with van der Waals surface area (Å²) >= 11 is 0. The molecule has 164 valence electrons. The average Bonchev–Trinajstić information content (AvgIpc) is 2.78. The highest BCUT2D eigenvalue weighted by atomic mass is 16.6. The van der Waals surface area contributed by atoms with Crippen LogP contribution in [0, 0.1) is 0 Å². The molecule has 0 radical (unpaired) electrons. The lowest BCUT2D eigenvalue weighted by molar-refractivity contribution is -0.145. The van der Waals surface area contributed by atoms with E-state index in [4.69, 9.17) is 9.47 Å². The van der Waals surface area contributed by atoms with Crippen molar-refractivity contribution < 1.29 is 23.9 Å². The van der Waals surface area contributed by atoms with E-state index < -0.39 is 11.9 Å². The first-order chi connectivity index (χ1) is 15.5. The SMILES string of the molecule is CCOC(=O)COc1ccc2ccccc2c1C=NNC(=O)c1ccc(NC(C)=O)cc1. The molecule has 2 amide bonds. The van der Waals surface area contributed by atoms with Gasteiger partial charge in [0.2, 0.25) is 5.91 Å². The van der Waals surface area contributed by atoms with Crippen molar-refractivity contribution in [2.75, 3.05) is 18.5 Å². The topological polar surface area (TPSA) is 106 Å². The standard InChI is InChI=1S/C24H23N3O5/c1-3-31-23(29)15-32-22-13-10-17-6-4-5-7-20(17)21(22)14-25-27-24(30)18-8-11-19(12-9-18)26-16(2)28/h4-14H,3,15H2,1-2H3,(H,26,28)(H,27,30). The number of anilines is 1. The number of carbonyl (C=O) groups excluding carboxylic acids is 3. The third kappa shape index (κ3) is 5.91. The van der Waals surface area contributed by atoms with Crippen LogP contribution in [0.4, 0.5) is 5.69 Å². The fraction of sp³-hybridized carbons (Fsp3) is 0.167. The second-order valence-corrected chi connectivity index (χ2v) is 6.75. The third-order valence-electron chi connectivity index (χ3n) is 4.41. The number of hydrogen-bond donors (Lipinski definition) is 2.